The van der Waals surface area contributed by atoms with E-state index in [4.69, 9.17) is 0 Å². The second-order valence-corrected chi connectivity index (χ2v) is 5.50. The lowest BCUT2D eigenvalue weighted by molar-refractivity contribution is -0.384. The first-order valence-corrected chi connectivity index (χ1v) is 7.45. The van der Waals surface area contributed by atoms with Crippen LogP contribution in [0.25, 0.3) is 22.1 Å². The van der Waals surface area contributed by atoms with E-state index in [1.807, 2.05) is 12.1 Å². The van der Waals surface area contributed by atoms with Crippen LogP contribution in [-0.2, 0) is 13.1 Å². The molecule has 4 rings (SSSR count). The molecule has 3 N–H and O–H groups in total. The van der Waals surface area contributed by atoms with Crippen LogP contribution in [0.3, 0.4) is 0 Å². The summed E-state index contributed by atoms with van der Waals surface area (Å²) in [4.78, 5) is 25.2. The maximum absolute atomic E-state index is 10.8. The molecule has 0 unspecified atom stereocenters. The van der Waals surface area contributed by atoms with Crippen LogP contribution in [-0.4, -0.2) is 24.9 Å². The van der Waals surface area contributed by atoms with E-state index in [1.165, 1.54) is 12.1 Å². The molecular weight excluding hydrogens is 308 g/mol. The number of rotatable bonds is 5. The number of nitro benzene ring substituents is 1. The van der Waals surface area contributed by atoms with E-state index in [-0.39, 0.29) is 5.69 Å². The number of hydrogen-bond donors (Lipinski definition) is 3. The van der Waals surface area contributed by atoms with Crippen molar-refractivity contribution in [2.45, 2.75) is 13.1 Å². The highest BCUT2D eigenvalue weighted by molar-refractivity contribution is 5.77. The predicted octanol–water partition coefficient (Wildman–Crippen LogP) is 2.64. The third-order valence-corrected chi connectivity index (χ3v) is 3.83. The van der Waals surface area contributed by atoms with Gasteiger partial charge >= 0.3 is 0 Å². The Labute approximate surface area is 136 Å². The van der Waals surface area contributed by atoms with Gasteiger partial charge in [0.1, 0.15) is 5.82 Å². The van der Waals surface area contributed by atoms with Crippen LogP contribution >= 0.6 is 0 Å². The highest BCUT2D eigenvalue weighted by Crippen LogP contribution is 2.19. The zero-order chi connectivity index (χ0) is 16.5. The zero-order valence-corrected chi connectivity index (χ0v) is 12.6. The third-order valence-electron chi connectivity index (χ3n) is 3.83. The molecule has 0 radical (unpaired) electrons. The normalized spacial score (nSPS) is 11.3. The van der Waals surface area contributed by atoms with Gasteiger partial charge in [-0.25, -0.2) is 9.97 Å². The van der Waals surface area contributed by atoms with Crippen molar-refractivity contribution in [2.24, 2.45) is 0 Å². The van der Waals surface area contributed by atoms with Gasteiger partial charge in [-0.05, 0) is 23.8 Å². The van der Waals surface area contributed by atoms with Crippen molar-refractivity contribution in [1.82, 2.24) is 25.3 Å². The highest BCUT2D eigenvalue weighted by atomic mass is 16.6. The van der Waals surface area contributed by atoms with Crippen LogP contribution in [0.5, 0.6) is 0 Å². The van der Waals surface area contributed by atoms with E-state index < -0.39 is 4.92 Å². The van der Waals surface area contributed by atoms with Crippen molar-refractivity contribution in [3.8, 4) is 0 Å². The number of aromatic amines is 2. The molecule has 0 amide bonds. The number of imidazole rings is 2. The van der Waals surface area contributed by atoms with Gasteiger partial charge in [-0.1, -0.05) is 6.07 Å². The van der Waals surface area contributed by atoms with E-state index >= 15 is 0 Å². The lowest BCUT2D eigenvalue weighted by atomic mass is 10.2. The van der Waals surface area contributed by atoms with Gasteiger partial charge in [-0.15, -0.1) is 0 Å². The Bertz CT molecular complexity index is 1040. The monoisotopic (exact) mass is 322 g/mol. The largest absolute Gasteiger partial charge is 0.345 e. The van der Waals surface area contributed by atoms with Crippen molar-refractivity contribution in [1.29, 1.82) is 0 Å². The first kappa shape index (κ1) is 14.3. The molecule has 24 heavy (non-hydrogen) atoms. The molecule has 8 heteroatoms. The number of nitrogens with zero attached hydrogens (tertiary/aromatic N) is 3. The lowest BCUT2D eigenvalue weighted by Gasteiger charge is -2.03. The summed E-state index contributed by atoms with van der Waals surface area (Å²) < 4.78 is 0. The van der Waals surface area contributed by atoms with Crippen LogP contribution < -0.4 is 5.32 Å². The number of nitrogens with one attached hydrogen (secondary N) is 3. The van der Waals surface area contributed by atoms with Crippen molar-refractivity contribution in [3.05, 3.63) is 64.2 Å². The average molecular weight is 322 g/mol. The summed E-state index contributed by atoms with van der Waals surface area (Å²) in [6, 6.07) is 10.7. The Kier molecular flexibility index (Phi) is 3.43. The van der Waals surface area contributed by atoms with E-state index in [2.05, 4.69) is 31.3 Å². The molecular formula is C16H14N6O2. The zero-order valence-electron chi connectivity index (χ0n) is 12.6. The summed E-state index contributed by atoms with van der Waals surface area (Å²) in [5.41, 5.74) is 4.52. The fourth-order valence-electron chi connectivity index (χ4n) is 2.67. The van der Waals surface area contributed by atoms with Gasteiger partial charge in [-0.2, -0.15) is 0 Å². The summed E-state index contributed by atoms with van der Waals surface area (Å²) in [5, 5.41) is 14.1. The molecule has 2 heterocycles. The average Bonchev–Trinajstić information content (AvgIpc) is 3.19. The molecule has 0 atom stereocenters. The van der Waals surface area contributed by atoms with Crippen LogP contribution in [0.1, 0.15) is 11.4 Å². The molecule has 120 valence electrons. The maximum Gasteiger partial charge on any atom is 0.271 e. The molecule has 2 aromatic heterocycles. The van der Waals surface area contributed by atoms with Gasteiger partial charge in [0.05, 0.1) is 39.9 Å². The molecule has 0 saturated heterocycles. The summed E-state index contributed by atoms with van der Waals surface area (Å²) in [6.45, 7) is 1.23. The topological polar surface area (TPSA) is 113 Å². The molecule has 0 fully saturated rings. The second kappa shape index (κ2) is 5.74. The summed E-state index contributed by atoms with van der Waals surface area (Å²) in [7, 11) is 0. The molecule has 0 spiro atoms. The van der Waals surface area contributed by atoms with Gasteiger partial charge in [0.25, 0.3) is 5.69 Å². The van der Waals surface area contributed by atoms with Crippen LogP contribution in [0.15, 0.2) is 42.7 Å². The Morgan fingerprint density at radius 1 is 1.08 bits per heavy atom. The maximum atomic E-state index is 10.8. The quantitative estimate of drug-likeness (QED) is 0.386. The molecule has 0 aliphatic carbocycles. The van der Waals surface area contributed by atoms with Crippen molar-refractivity contribution in [3.63, 3.8) is 0 Å². The van der Waals surface area contributed by atoms with Gasteiger partial charge in [0, 0.05) is 18.7 Å². The molecule has 0 saturated carbocycles. The van der Waals surface area contributed by atoms with E-state index in [1.54, 1.807) is 12.4 Å². The smallest absolute Gasteiger partial charge is 0.271 e. The second-order valence-electron chi connectivity index (χ2n) is 5.50. The minimum absolute atomic E-state index is 0.0542. The van der Waals surface area contributed by atoms with E-state index in [0.717, 1.165) is 27.9 Å². The lowest BCUT2D eigenvalue weighted by Crippen LogP contribution is -2.13. The van der Waals surface area contributed by atoms with Crippen LogP contribution in [0, 0.1) is 10.1 Å². The first-order chi connectivity index (χ1) is 11.7. The Morgan fingerprint density at radius 3 is 2.83 bits per heavy atom. The fourth-order valence-corrected chi connectivity index (χ4v) is 2.67. The minimum atomic E-state index is -0.413. The fraction of sp³-hybridized carbons (Fsp3) is 0.125. The number of benzene rings is 2. The Morgan fingerprint density at radius 2 is 1.96 bits per heavy atom. The van der Waals surface area contributed by atoms with Crippen LogP contribution in [0.2, 0.25) is 0 Å². The molecule has 2 aromatic carbocycles. The van der Waals surface area contributed by atoms with Crippen molar-refractivity contribution >= 4 is 27.8 Å². The Hall–Kier alpha value is -3.26. The van der Waals surface area contributed by atoms with E-state index in [9.17, 15) is 10.1 Å². The molecule has 8 nitrogen and oxygen atoms in total. The first-order valence-electron chi connectivity index (χ1n) is 7.45. The van der Waals surface area contributed by atoms with Crippen molar-refractivity contribution in [2.75, 3.05) is 0 Å². The number of non-ortho nitro benzene ring substituents is 1. The van der Waals surface area contributed by atoms with E-state index in [0.29, 0.717) is 18.6 Å². The number of aromatic nitrogens is 4. The number of fused-ring (bicyclic) bond motifs is 2. The number of nitro groups is 1. The molecule has 0 bridgehead atoms. The summed E-state index contributed by atoms with van der Waals surface area (Å²) in [5.74, 6) is 0.744. The molecule has 4 aromatic rings. The Balaban J connectivity index is 1.45. The minimum Gasteiger partial charge on any atom is -0.345 e. The number of H-pyrrole nitrogens is 2. The molecule has 0 aliphatic rings. The van der Waals surface area contributed by atoms with Gasteiger partial charge in [0.15, 0.2) is 0 Å². The summed E-state index contributed by atoms with van der Waals surface area (Å²) >= 11 is 0. The van der Waals surface area contributed by atoms with Gasteiger partial charge in [-0.3, -0.25) is 10.1 Å². The standard InChI is InChI=1S/C16H14N6O2/c23-22(24)11-2-4-13-15(6-11)21-16(20-13)8-17-7-10-1-3-12-14(5-10)19-9-18-12/h1-6,9,17H,7-8H2,(H,18,19)(H,20,21). The predicted molar refractivity (Wildman–Crippen MR) is 89.4 cm³/mol. The van der Waals surface area contributed by atoms with Crippen molar-refractivity contribution < 1.29 is 4.92 Å². The SMILES string of the molecule is O=[N+]([O-])c1ccc2nc(CNCc3ccc4nc[nH]c4c3)[nH]c2c1. The highest BCUT2D eigenvalue weighted by Gasteiger charge is 2.09. The third kappa shape index (κ3) is 2.70. The summed E-state index contributed by atoms with van der Waals surface area (Å²) in [6.07, 6.45) is 1.68. The van der Waals surface area contributed by atoms with Gasteiger partial charge in [0.2, 0.25) is 0 Å². The van der Waals surface area contributed by atoms with Crippen LogP contribution in [0.4, 0.5) is 5.69 Å². The molecule has 0 aliphatic heterocycles. The number of hydrogen-bond acceptors (Lipinski definition) is 5. The van der Waals surface area contributed by atoms with Gasteiger partial charge < -0.3 is 15.3 Å².